The Bertz CT molecular complexity index is 739. The third kappa shape index (κ3) is 1.34. The van der Waals surface area contributed by atoms with Gasteiger partial charge in [0.1, 0.15) is 5.69 Å². The number of imidazole rings is 1. The molecule has 4 rings (SSSR count). The van der Waals surface area contributed by atoms with Crippen LogP contribution in [0.15, 0.2) is 42.0 Å². The second-order valence-electron chi connectivity index (χ2n) is 4.18. The molecule has 0 saturated carbocycles. The van der Waals surface area contributed by atoms with Gasteiger partial charge >= 0.3 is 0 Å². The van der Waals surface area contributed by atoms with Crippen LogP contribution in [0.2, 0.25) is 0 Å². The summed E-state index contributed by atoms with van der Waals surface area (Å²) in [6.07, 6.45) is 11.9. The summed E-state index contributed by atoms with van der Waals surface area (Å²) in [5.74, 6) is 0. The molecule has 0 saturated heterocycles. The molecule has 4 heterocycles. The van der Waals surface area contributed by atoms with E-state index in [1.54, 1.807) is 12.4 Å². The molecule has 0 atom stereocenters. The normalized spacial score (nSPS) is 13.1. The van der Waals surface area contributed by atoms with Crippen molar-refractivity contribution in [2.24, 2.45) is 4.99 Å². The number of nitrogens with zero attached hydrogens (tertiary/aromatic N) is 5. The highest BCUT2D eigenvalue weighted by molar-refractivity contribution is 5.77. The lowest BCUT2D eigenvalue weighted by Gasteiger charge is -1.99. The van der Waals surface area contributed by atoms with Crippen LogP contribution in [0.3, 0.4) is 0 Å². The van der Waals surface area contributed by atoms with E-state index in [-0.39, 0.29) is 0 Å². The molecule has 0 amide bonds. The smallest absolute Gasteiger partial charge is 0.156 e. The monoisotopic (exact) mass is 235 g/mol. The van der Waals surface area contributed by atoms with E-state index in [2.05, 4.69) is 19.9 Å². The average molecular weight is 235 g/mol. The van der Waals surface area contributed by atoms with Crippen molar-refractivity contribution in [3.8, 4) is 11.4 Å². The van der Waals surface area contributed by atoms with Gasteiger partial charge in [0.2, 0.25) is 0 Å². The van der Waals surface area contributed by atoms with Gasteiger partial charge in [-0.15, -0.1) is 0 Å². The van der Waals surface area contributed by atoms with E-state index in [0.717, 1.165) is 29.1 Å². The summed E-state index contributed by atoms with van der Waals surface area (Å²) in [6.45, 7) is 0. The summed E-state index contributed by atoms with van der Waals surface area (Å²) >= 11 is 0. The molecule has 0 bridgehead atoms. The minimum Gasteiger partial charge on any atom is -0.304 e. The van der Waals surface area contributed by atoms with E-state index < -0.39 is 0 Å². The molecule has 3 aromatic rings. The SMILES string of the molecule is C1=Nc2cc(-c3cn4ccncc4n3)ncc2C1. The van der Waals surface area contributed by atoms with Crippen LogP contribution < -0.4 is 0 Å². The largest absolute Gasteiger partial charge is 0.304 e. The first-order valence-corrected chi connectivity index (χ1v) is 5.71. The van der Waals surface area contributed by atoms with Gasteiger partial charge in [0.05, 0.1) is 17.6 Å². The highest BCUT2D eigenvalue weighted by Crippen LogP contribution is 2.27. The van der Waals surface area contributed by atoms with Gasteiger partial charge in [-0.05, 0) is 6.07 Å². The van der Waals surface area contributed by atoms with E-state index in [0.29, 0.717) is 0 Å². The fourth-order valence-electron chi connectivity index (χ4n) is 2.10. The molecule has 5 nitrogen and oxygen atoms in total. The molecule has 3 aromatic heterocycles. The summed E-state index contributed by atoms with van der Waals surface area (Å²) in [5.41, 5.74) is 4.67. The molecule has 1 aliphatic heterocycles. The van der Waals surface area contributed by atoms with E-state index in [9.17, 15) is 0 Å². The number of aliphatic imine (C=N–C) groups is 1. The van der Waals surface area contributed by atoms with E-state index in [1.165, 1.54) is 5.56 Å². The van der Waals surface area contributed by atoms with Crippen molar-refractivity contribution in [2.75, 3.05) is 0 Å². The van der Waals surface area contributed by atoms with Gasteiger partial charge in [-0.25, -0.2) is 4.98 Å². The minimum absolute atomic E-state index is 0.818. The van der Waals surface area contributed by atoms with Crippen LogP contribution in [0, 0.1) is 0 Å². The van der Waals surface area contributed by atoms with Crippen molar-refractivity contribution in [2.45, 2.75) is 6.42 Å². The molecule has 1 aliphatic rings. The standard InChI is InChI=1S/C13H9N5/c1-2-15-10-5-11(16-6-9(1)10)12-8-18-4-3-14-7-13(18)17-12/h2-8H,1H2. The quantitative estimate of drug-likeness (QED) is 0.648. The fraction of sp³-hybridized carbons (Fsp3) is 0.0769. The van der Waals surface area contributed by atoms with Crippen molar-refractivity contribution in [3.05, 3.63) is 42.6 Å². The first-order chi connectivity index (χ1) is 8.90. The number of hydrogen-bond donors (Lipinski definition) is 0. The van der Waals surface area contributed by atoms with Crippen LogP contribution in [-0.4, -0.2) is 25.6 Å². The zero-order chi connectivity index (χ0) is 11.9. The van der Waals surface area contributed by atoms with Gasteiger partial charge in [0, 0.05) is 43.0 Å². The molecule has 0 N–H and O–H groups in total. The van der Waals surface area contributed by atoms with Gasteiger partial charge < -0.3 is 4.40 Å². The molecular weight excluding hydrogens is 226 g/mol. The van der Waals surface area contributed by atoms with Crippen LogP contribution in [0.4, 0.5) is 5.69 Å². The van der Waals surface area contributed by atoms with Gasteiger partial charge in [0.25, 0.3) is 0 Å². The molecule has 18 heavy (non-hydrogen) atoms. The Morgan fingerprint density at radius 1 is 1.17 bits per heavy atom. The van der Waals surface area contributed by atoms with Crippen LogP contribution in [0.1, 0.15) is 5.56 Å². The Labute approximate surface area is 103 Å². The van der Waals surface area contributed by atoms with Crippen LogP contribution in [0.25, 0.3) is 17.0 Å². The molecule has 0 radical (unpaired) electrons. The molecule has 0 fully saturated rings. The predicted molar refractivity (Wildman–Crippen MR) is 68.1 cm³/mol. The van der Waals surface area contributed by atoms with E-state index >= 15 is 0 Å². The van der Waals surface area contributed by atoms with Crippen LogP contribution >= 0.6 is 0 Å². The third-order valence-electron chi connectivity index (χ3n) is 3.03. The van der Waals surface area contributed by atoms with Gasteiger partial charge in [-0.1, -0.05) is 0 Å². The van der Waals surface area contributed by atoms with Gasteiger partial charge in [-0.2, -0.15) is 0 Å². The Balaban J connectivity index is 1.89. The highest BCUT2D eigenvalue weighted by Gasteiger charge is 2.11. The molecular formula is C13H9N5. The maximum atomic E-state index is 4.49. The molecule has 86 valence electrons. The Kier molecular flexibility index (Phi) is 1.82. The second-order valence-corrected chi connectivity index (χ2v) is 4.18. The number of hydrogen-bond acceptors (Lipinski definition) is 4. The second kappa shape index (κ2) is 3.46. The van der Waals surface area contributed by atoms with Crippen molar-refractivity contribution in [1.29, 1.82) is 0 Å². The minimum atomic E-state index is 0.818. The van der Waals surface area contributed by atoms with Crippen LogP contribution in [-0.2, 0) is 6.42 Å². The maximum Gasteiger partial charge on any atom is 0.156 e. The zero-order valence-corrected chi connectivity index (χ0v) is 9.48. The van der Waals surface area contributed by atoms with Gasteiger partial charge in [-0.3, -0.25) is 15.0 Å². The highest BCUT2D eigenvalue weighted by atomic mass is 15.0. The molecule has 0 aromatic carbocycles. The summed E-state index contributed by atoms with van der Waals surface area (Å²) in [6, 6.07) is 1.98. The average Bonchev–Trinajstić information content (AvgIpc) is 3.04. The number of pyridine rings is 1. The Hall–Kier alpha value is -2.56. The summed E-state index contributed by atoms with van der Waals surface area (Å²) in [5, 5.41) is 0. The topological polar surface area (TPSA) is 55.4 Å². The Morgan fingerprint density at radius 3 is 3.11 bits per heavy atom. The van der Waals surface area contributed by atoms with Crippen molar-refractivity contribution in [3.63, 3.8) is 0 Å². The molecule has 0 spiro atoms. The molecule has 5 heteroatoms. The van der Waals surface area contributed by atoms with E-state index in [1.807, 2.05) is 35.3 Å². The van der Waals surface area contributed by atoms with Crippen LogP contribution in [0.5, 0.6) is 0 Å². The number of fused-ring (bicyclic) bond motifs is 2. The third-order valence-corrected chi connectivity index (χ3v) is 3.03. The lowest BCUT2D eigenvalue weighted by atomic mass is 10.2. The molecule has 0 unspecified atom stereocenters. The van der Waals surface area contributed by atoms with Crippen molar-refractivity contribution in [1.82, 2.24) is 19.4 Å². The van der Waals surface area contributed by atoms with Crippen molar-refractivity contribution < 1.29 is 0 Å². The first kappa shape index (κ1) is 9.47. The molecule has 0 aliphatic carbocycles. The predicted octanol–water partition coefficient (Wildman–Crippen LogP) is 2.05. The summed E-state index contributed by atoms with van der Waals surface area (Å²) < 4.78 is 1.93. The fourth-order valence-corrected chi connectivity index (χ4v) is 2.10. The van der Waals surface area contributed by atoms with E-state index in [4.69, 9.17) is 0 Å². The lowest BCUT2D eigenvalue weighted by molar-refractivity contribution is 1.13. The zero-order valence-electron chi connectivity index (χ0n) is 9.48. The van der Waals surface area contributed by atoms with Crippen molar-refractivity contribution >= 4 is 17.5 Å². The maximum absolute atomic E-state index is 4.49. The summed E-state index contributed by atoms with van der Waals surface area (Å²) in [7, 11) is 0. The van der Waals surface area contributed by atoms with Gasteiger partial charge in [0.15, 0.2) is 5.65 Å². The summed E-state index contributed by atoms with van der Waals surface area (Å²) in [4.78, 5) is 17.3. The number of aromatic nitrogens is 4. The lowest BCUT2D eigenvalue weighted by Crippen LogP contribution is -1.86. The Morgan fingerprint density at radius 2 is 2.17 bits per heavy atom. The number of rotatable bonds is 1. The first-order valence-electron chi connectivity index (χ1n) is 5.71.